The number of nitrogens with zero attached hydrogens (tertiary/aromatic N) is 2. The lowest BCUT2D eigenvalue weighted by atomic mass is 10.1. The number of aromatic nitrogens is 1. The fourth-order valence-corrected chi connectivity index (χ4v) is 2.74. The van der Waals surface area contributed by atoms with Crippen molar-refractivity contribution in [1.82, 2.24) is 9.88 Å². The average Bonchev–Trinajstić information content (AvgIpc) is 2.73. The van der Waals surface area contributed by atoms with Crippen molar-refractivity contribution in [1.29, 1.82) is 0 Å². The zero-order valence-electron chi connectivity index (χ0n) is 16.3. The molecule has 1 N–H and O–H groups in total. The smallest absolute Gasteiger partial charge is 0.185 e. The van der Waals surface area contributed by atoms with Crippen molar-refractivity contribution in [3.8, 4) is 11.3 Å². The SMILES string of the molecule is CN(C)CCNc1ccc(C(=O)C=Cc2ccc(-c3ccccn3)cc2)cc1. The summed E-state index contributed by atoms with van der Waals surface area (Å²) >= 11 is 0. The van der Waals surface area contributed by atoms with E-state index in [1.54, 1.807) is 12.3 Å². The Morgan fingerprint density at radius 1 is 1.00 bits per heavy atom. The summed E-state index contributed by atoms with van der Waals surface area (Å²) < 4.78 is 0. The second kappa shape index (κ2) is 9.62. The number of anilines is 1. The molecule has 0 radical (unpaired) electrons. The number of carbonyl (C=O) groups is 1. The number of nitrogens with one attached hydrogen (secondary N) is 1. The average molecular weight is 371 g/mol. The molecule has 0 atom stereocenters. The highest BCUT2D eigenvalue weighted by Gasteiger charge is 2.02. The molecule has 0 unspecified atom stereocenters. The highest BCUT2D eigenvalue weighted by molar-refractivity contribution is 6.07. The summed E-state index contributed by atoms with van der Waals surface area (Å²) in [5.41, 5.74) is 4.68. The Labute approximate surface area is 166 Å². The zero-order valence-corrected chi connectivity index (χ0v) is 16.3. The van der Waals surface area contributed by atoms with Crippen LogP contribution in [0.1, 0.15) is 15.9 Å². The van der Waals surface area contributed by atoms with E-state index in [-0.39, 0.29) is 5.78 Å². The lowest BCUT2D eigenvalue weighted by Gasteiger charge is -2.11. The number of pyridine rings is 1. The van der Waals surface area contributed by atoms with Crippen LogP contribution in [0.4, 0.5) is 5.69 Å². The van der Waals surface area contributed by atoms with Crippen molar-refractivity contribution in [2.45, 2.75) is 0 Å². The van der Waals surface area contributed by atoms with Crippen LogP contribution in [0.3, 0.4) is 0 Å². The van der Waals surface area contributed by atoms with E-state index in [2.05, 4.69) is 15.2 Å². The van der Waals surface area contributed by atoms with E-state index in [9.17, 15) is 4.79 Å². The third kappa shape index (κ3) is 5.63. The van der Waals surface area contributed by atoms with Gasteiger partial charge in [-0.3, -0.25) is 9.78 Å². The van der Waals surface area contributed by atoms with Crippen LogP contribution in [0.2, 0.25) is 0 Å². The molecule has 1 aromatic heterocycles. The number of likely N-dealkylation sites (N-methyl/N-ethyl adjacent to an activating group) is 1. The van der Waals surface area contributed by atoms with Gasteiger partial charge < -0.3 is 10.2 Å². The van der Waals surface area contributed by atoms with E-state index in [4.69, 9.17) is 0 Å². The van der Waals surface area contributed by atoms with E-state index < -0.39 is 0 Å². The number of hydrogen-bond acceptors (Lipinski definition) is 4. The first kappa shape index (κ1) is 19.5. The Balaban J connectivity index is 1.58. The van der Waals surface area contributed by atoms with Crippen LogP contribution in [0.5, 0.6) is 0 Å². The molecule has 0 bridgehead atoms. The lowest BCUT2D eigenvalue weighted by Crippen LogP contribution is -2.20. The van der Waals surface area contributed by atoms with Crippen molar-refractivity contribution in [2.24, 2.45) is 0 Å². The molecule has 3 rings (SSSR count). The van der Waals surface area contributed by atoms with Crippen LogP contribution in [0.25, 0.3) is 17.3 Å². The molecule has 0 amide bonds. The van der Waals surface area contributed by atoms with Crippen molar-refractivity contribution in [3.05, 3.63) is 90.1 Å². The van der Waals surface area contributed by atoms with E-state index in [1.165, 1.54) is 0 Å². The molecular weight excluding hydrogens is 346 g/mol. The molecule has 0 aliphatic rings. The fourth-order valence-electron chi connectivity index (χ4n) is 2.74. The molecule has 0 fully saturated rings. The molecule has 0 saturated heterocycles. The predicted octanol–water partition coefficient (Wildman–Crippen LogP) is 4.62. The molecular formula is C24H25N3O. The van der Waals surface area contributed by atoms with Crippen LogP contribution in [0, 0.1) is 0 Å². The molecule has 4 heteroatoms. The van der Waals surface area contributed by atoms with Gasteiger partial charge in [0.25, 0.3) is 0 Å². The summed E-state index contributed by atoms with van der Waals surface area (Å²) in [6.45, 7) is 1.83. The lowest BCUT2D eigenvalue weighted by molar-refractivity contribution is 0.104. The summed E-state index contributed by atoms with van der Waals surface area (Å²) in [7, 11) is 4.09. The van der Waals surface area contributed by atoms with Crippen LogP contribution in [0.15, 0.2) is 79.0 Å². The van der Waals surface area contributed by atoms with E-state index in [1.807, 2.05) is 86.9 Å². The molecule has 0 aliphatic heterocycles. The van der Waals surface area contributed by atoms with Gasteiger partial charge >= 0.3 is 0 Å². The van der Waals surface area contributed by atoms with Crippen LogP contribution < -0.4 is 5.32 Å². The molecule has 0 saturated carbocycles. The fraction of sp³-hybridized carbons (Fsp3) is 0.167. The second-order valence-electron chi connectivity index (χ2n) is 6.84. The Bertz CT molecular complexity index is 914. The minimum absolute atomic E-state index is 0.00589. The number of benzene rings is 2. The first-order chi connectivity index (χ1) is 13.6. The standard InChI is InChI=1S/C24H25N3O/c1-27(2)18-17-25-22-13-11-21(12-14-22)24(28)15-8-19-6-9-20(10-7-19)23-5-3-4-16-26-23/h3-16,25H,17-18H2,1-2H3. The van der Waals surface area contributed by atoms with Crippen LogP contribution >= 0.6 is 0 Å². The maximum absolute atomic E-state index is 12.4. The minimum Gasteiger partial charge on any atom is -0.384 e. The van der Waals surface area contributed by atoms with Gasteiger partial charge in [0.1, 0.15) is 0 Å². The quantitative estimate of drug-likeness (QED) is 0.464. The Morgan fingerprint density at radius 3 is 2.39 bits per heavy atom. The third-order valence-electron chi connectivity index (χ3n) is 4.36. The highest BCUT2D eigenvalue weighted by atomic mass is 16.1. The largest absolute Gasteiger partial charge is 0.384 e. The van der Waals surface area contributed by atoms with Gasteiger partial charge in [-0.25, -0.2) is 0 Å². The Kier molecular flexibility index (Phi) is 6.71. The van der Waals surface area contributed by atoms with Gasteiger partial charge in [0.15, 0.2) is 5.78 Å². The maximum Gasteiger partial charge on any atom is 0.185 e. The Morgan fingerprint density at radius 2 is 1.75 bits per heavy atom. The van der Waals surface area contributed by atoms with Crippen LogP contribution in [-0.4, -0.2) is 42.9 Å². The summed E-state index contributed by atoms with van der Waals surface area (Å²) in [6.07, 6.45) is 5.24. The highest BCUT2D eigenvalue weighted by Crippen LogP contribution is 2.18. The minimum atomic E-state index is -0.00589. The summed E-state index contributed by atoms with van der Waals surface area (Å²) in [6, 6.07) is 21.5. The van der Waals surface area contributed by atoms with E-state index in [0.29, 0.717) is 5.56 Å². The number of hydrogen-bond donors (Lipinski definition) is 1. The van der Waals surface area contributed by atoms with Crippen molar-refractivity contribution < 1.29 is 4.79 Å². The third-order valence-corrected chi connectivity index (χ3v) is 4.36. The second-order valence-corrected chi connectivity index (χ2v) is 6.84. The van der Waals surface area contributed by atoms with Gasteiger partial charge in [-0.15, -0.1) is 0 Å². The molecule has 4 nitrogen and oxygen atoms in total. The Hall–Kier alpha value is -3.24. The van der Waals surface area contributed by atoms with Crippen LogP contribution in [-0.2, 0) is 0 Å². The van der Waals surface area contributed by atoms with Gasteiger partial charge in [-0.1, -0.05) is 36.4 Å². The monoisotopic (exact) mass is 371 g/mol. The molecule has 0 aliphatic carbocycles. The van der Waals surface area contributed by atoms with Crippen molar-refractivity contribution in [3.63, 3.8) is 0 Å². The van der Waals surface area contributed by atoms with Gasteiger partial charge in [-0.2, -0.15) is 0 Å². The number of ketones is 1. The number of allylic oxidation sites excluding steroid dienone is 1. The first-order valence-electron chi connectivity index (χ1n) is 9.34. The number of rotatable bonds is 8. The topological polar surface area (TPSA) is 45.2 Å². The normalized spacial score (nSPS) is 11.1. The molecule has 0 spiro atoms. The van der Waals surface area contributed by atoms with Crippen molar-refractivity contribution in [2.75, 3.05) is 32.5 Å². The summed E-state index contributed by atoms with van der Waals surface area (Å²) in [4.78, 5) is 18.9. The van der Waals surface area contributed by atoms with Crippen molar-refractivity contribution >= 4 is 17.5 Å². The molecule has 1 heterocycles. The molecule has 142 valence electrons. The summed E-state index contributed by atoms with van der Waals surface area (Å²) in [5, 5.41) is 3.34. The maximum atomic E-state index is 12.4. The van der Waals surface area contributed by atoms with E-state index >= 15 is 0 Å². The van der Waals surface area contributed by atoms with Gasteiger partial charge in [0.05, 0.1) is 5.69 Å². The van der Waals surface area contributed by atoms with Gasteiger partial charge in [-0.05, 0) is 62.1 Å². The predicted molar refractivity (Wildman–Crippen MR) is 117 cm³/mol. The van der Waals surface area contributed by atoms with Gasteiger partial charge in [0, 0.05) is 36.1 Å². The van der Waals surface area contributed by atoms with E-state index in [0.717, 1.165) is 35.6 Å². The zero-order chi connectivity index (χ0) is 19.8. The molecule has 28 heavy (non-hydrogen) atoms. The molecule has 2 aromatic carbocycles. The molecule has 3 aromatic rings. The van der Waals surface area contributed by atoms with Gasteiger partial charge in [0.2, 0.25) is 0 Å². The summed E-state index contributed by atoms with van der Waals surface area (Å²) in [5.74, 6) is -0.00589. The number of carbonyl (C=O) groups excluding carboxylic acids is 1. The first-order valence-corrected chi connectivity index (χ1v) is 9.34.